The van der Waals surface area contributed by atoms with Gasteiger partial charge in [-0.25, -0.2) is 4.39 Å². The molecule has 0 spiro atoms. The second-order valence-corrected chi connectivity index (χ2v) is 7.34. The molecule has 1 aliphatic rings. The molecule has 2 nitrogen and oxygen atoms in total. The van der Waals surface area contributed by atoms with Gasteiger partial charge in [-0.05, 0) is 46.8 Å². The van der Waals surface area contributed by atoms with Gasteiger partial charge in [-0.3, -0.25) is 0 Å². The van der Waals surface area contributed by atoms with Crippen molar-refractivity contribution in [1.29, 1.82) is 0 Å². The number of rotatable bonds is 5. The molecule has 0 amide bonds. The lowest BCUT2D eigenvalue weighted by Gasteiger charge is -2.33. The molecule has 0 saturated heterocycles. The summed E-state index contributed by atoms with van der Waals surface area (Å²) < 4.78 is 15.1. The van der Waals surface area contributed by atoms with E-state index in [9.17, 15) is 4.39 Å². The first-order chi connectivity index (χ1) is 9.91. The van der Waals surface area contributed by atoms with Crippen LogP contribution in [0.4, 0.5) is 10.1 Å². The van der Waals surface area contributed by atoms with E-state index in [1.54, 1.807) is 0 Å². The molecule has 5 heteroatoms. The summed E-state index contributed by atoms with van der Waals surface area (Å²) in [6.07, 6.45) is 4.74. The zero-order chi connectivity index (χ0) is 15.6. The van der Waals surface area contributed by atoms with Crippen LogP contribution in [0.5, 0.6) is 0 Å². The molecular formula is C16H22BrFN2S. The summed E-state index contributed by atoms with van der Waals surface area (Å²) in [5.41, 5.74) is 6.85. The molecule has 116 valence electrons. The second-order valence-electron chi connectivity index (χ2n) is 6.11. The topological polar surface area (TPSA) is 29.3 Å². The summed E-state index contributed by atoms with van der Waals surface area (Å²) in [6, 6.07) is 4.06. The highest BCUT2D eigenvalue weighted by atomic mass is 79.9. The van der Waals surface area contributed by atoms with Crippen molar-refractivity contribution in [1.82, 2.24) is 0 Å². The van der Waals surface area contributed by atoms with E-state index in [4.69, 9.17) is 18.0 Å². The molecule has 1 fully saturated rings. The third-order valence-corrected chi connectivity index (χ3v) is 4.96. The lowest BCUT2D eigenvalue weighted by atomic mass is 10.1. The van der Waals surface area contributed by atoms with Crippen LogP contribution in [0.25, 0.3) is 0 Å². The predicted molar refractivity (Wildman–Crippen MR) is 94.4 cm³/mol. The molecular weight excluding hydrogens is 351 g/mol. The van der Waals surface area contributed by atoms with Gasteiger partial charge in [-0.1, -0.05) is 38.9 Å². The lowest BCUT2D eigenvalue weighted by Crippen LogP contribution is -2.37. The Labute approximate surface area is 140 Å². The van der Waals surface area contributed by atoms with E-state index in [0.717, 1.165) is 19.4 Å². The first kappa shape index (κ1) is 16.7. The van der Waals surface area contributed by atoms with Crippen LogP contribution in [0.3, 0.4) is 0 Å². The van der Waals surface area contributed by atoms with Gasteiger partial charge in [0.15, 0.2) is 5.82 Å². The molecule has 1 aromatic rings. The molecule has 1 saturated carbocycles. The van der Waals surface area contributed by atoms with Gasteiger partial charge in [0.25, 0.3) is 0 Å². The van der Waals surface area contributed by atoms with Crippen molar-refractivity contribution < 1.29 is 4.39 Å². The number of thiocarbonyl (C=S) groups is 1. The highest BCUT2D eigenvalue weighted by Crippen LogP contribution is 2.34. The van der Waals surface area contributed by atoms with E-state index in [1.165, 1.54) is 12.8 Å². The Morgan fingerprint density at radius 2 is 2.05 bits per heavy atom. The van der Waals surface area contributed by atoms with Crippen LogP contribution < -0.4 is 10.6 Å². The van der Waals surface area contributed by atoms with Gasteiger partial charge in [-0.15, -0.1) is 0 Å². The van der Waals surface area contributed by atoms with Crippen molar-refractivity contribution >= 4 is 38.8 Å². The molecule has 1 aromatic carbocycles. The summed E-state index contributed by atoms with van der Waals surface area (Å²) >= 11 is 8.27. The largest absolute Gasteiger partial charge is 0.389 e. The molecule has 0 heterocycles. The second kappa shape index (κ2) is 7.05. The number of nitrogens with two attached hydrogens (primary N) is 1. The summed E-state index contributed by atoms with van der Waals surface area (Å²) in [5, 5.41) is 0. The van der Waals surface area contributed by atoms with E-state index in [2.05, 4.69) is 34.7 Å². The molecule has 0 atom stereocenters. The Morgan fingerprint density at radius 1 is 1.43 bits per heavy atom. The average Bonchev–Trinajstić information content (AvgIpc) is 2.92. The fraction of sp³-hybridized carbons (Fsp3) is 0.562. The molecule has 0 unspecified atom stereocenters. The minimum Gasteiger partial charge on any atom is -0.389 e. The molecule has 0 radical (unpaired) electrons. The molecule has 0 bridgehead atoms. The maximum atomic E-state index is 14.8. The SMILES string of the molecule is CC(C)CN(c1ccc(C(N)=S)c(Br)c1F)C1CCCC1. The summed E-state index contributed by atoms with van der Waals surface area (Å²) in [4.78, 5) is 2.43. The zero-order valence-electron chi connectivity index (χ0n) is 12.5. The van der Waals surface area contributed by atoms with Crippen LogP contribution >= 0.6 is 28.1 Å². The number of anilines is 1. The van der Waals surface area contributed by atoms with Crippen LogP contribution in [0, 0.1) is 11.7 Å². The Morgan fingerprint density at radius 3 is 2.57 bits per heavy atom. The standard InChI is InChI=1S/C16H22BrFN2S/c1-10(2)9-20(11-5-3-4-6-11)13-8-7-12(16(19)21)14(17)15(13)18/h7-8,10-11H,3-6,9H2,1-2H3,(H2,19,21). The van der Waals surface area contributed by atoms with Crippen LogP contribution in [0.15, 0.2) is 16.6 Å². The molecule has 2 N–H and O–H groups in total. The van der Waals surface area contributed by atoms with E-state index >= 15 is 0 Å². The number of halogens is 2. The molecule has 0 aliphatic heterocycles. The summed E-state index contributed by atoms with van der Waals surface area (Å²) in [7, 11) is 0. The molecule has 2 rings (SSSR count). The zero-order valence-corrected chi connectivity index (χ0v) is 14.9. The number of hydrogen-bond donors (Lipinski definition) is 1. The fourth-order valence-electron chi connectivity index (χ4n) is 3.00. The maximum Gasteiger partial charge on any atom is 0.161 e. The first-order valence-corrected chi connectivity index (χ1v) is 8.66. The highest BCUT2D eigenvalue weighted by molar-refractivity contribution is 9.10. The Hall–Kier alpha value is -0.680. The van der Waals surface area contributed by atoms with E-state index < -0.39 is 0 Å². The molecule has 0 aromatic heterocycles. The fourth-order valence-corrected chi connectivity index (χ4v) is 3.86. The molecule has 1 aliphatic carbocycles. The van der Waals surface area contributed by atoms with Crippen molar-refractivity contribution in [2.24, 2.45) is 11.7 Å². The third-order valence-electron chi connectivity index (χ3n) is 3.96. The van der Waals surface area contributed by atoms with Crippen LogP contribution in [-0.4, -0.2) is 17.6 Å². The number of benzene rings is 1. The number of nitrogens with zero attached hydrogens (tertiary/aromatic N) is 1. The van der Waals surface area contributed by atoms with Crippen molar-refractivity contribution in [3.63, 3.8) is 0 Å². The van der Waals surface area contributed by atoms with Crippen LogP contribution in [-0.2, 0) is 0 Å². The van der Waals surface area contributed by atoms with Gasteiger partial charge in [0.1, 0.15) is 4.99 Å². The minimum atomic E-state index is -0.257. The van der Waals surface area contributed by atoms with Gasteiger partial charge in [-0.2, -0.15) is 0 Å². The van der Waals surface area contributed by atoms with Crippen LogP contribution in [0.2, 0.25) is 0 Å². The van der Waals surface area contributed by atoms with Crippen molar-refractivity contribution in [3.05, 3.63) is 28.0 Å². The summed E-state index contributed by atoms with van der Waals surface area (Å²) in [6.45, 7) is 5.19. The smallest absolute Gasteiger partial charge is 0.161 e. The highest BCUT2D eigenvalue weighted by Gasteiger charge is 2.26. The van der Waals surface area contributed by atoms with E-state index in [-0.39, 0.29) is 10.8 Å². The first-order valence-electron chi connectivity index (χ1n) is 7.46. The third kappa shape index (κ3) is 3.75. The monoisotopic (exact) mass is 372 g/mol. The molecule has 21 heavy (non-hydrogen) atoms. The van der Waals surface area contributed by atoms with E-state index in [1.807, 2.05) is 12.1 Å². The Balaban J connectivity index is 2.39. The van der Waals surface area contributed by atoms with E-state index in [0.29, 0.717) is 27.7 Å². The number of hydrogen-bond acceptors (Lipinski definition) is 2. The quantitative estimate of drug-likeness (QED) is 0.764. The van der Waals surface area contributed by atoms with Crippen molar-refractivity contribution in [2.45, 2.75) is 45.6 Å². The maximum absolute atomic E-state index is 14.8. The average molecular weight is 373 g/mol. The van der Waals surface area contributed by atoms with Crippen molar-refractivity contribution in [3.8, 4) is 0 Å². The van der Waals surface area contributed by atoms with Crippen LogP contribution in [0.1, 0.15) is 45.1 Å². The summed E-state index contributed by atoms with van der Waals surface area (Å²) in [5.74, 6) is 0.229. The van der Waals surface area contributed by atoms with Gasteiger partial charge < -0.3 is 10.6 Å². The van der Waals surface area contributed by atoms with Gasteiger partial charge >= 0.3 is 0 Å². The van der Waals surface area contributed by atoms with Gasteiger partial charge in [0, 0.05) is 18.2 Å². The minimum absolute atomic E-state index is 0.212. The Bertz CT molecular complexity index is 527. The lowest BCUT2D eigenvalue weighted by molar-refractivity contribution is 0.519. The normalized spacial score (nSPS) is 15.7. The predicted octanol–water partition coefficient (Wildman–Crippen LogP) is 4.63. The van der Waals surface area contributed by atoms with Crippen molar-refractivity contribution in [2.75, 3.05) is 11.4 Å². The van der Waals surface area contributed by atoms with Gasteiger partial charge in [0.05, 0.1) is 10.2 Å². The Kier molecular flexibility index (Phi) is 5.60. The van der Waals surface area contributed by atoms with Gasteiger partial charge in [0.2, 0.25) is 0 Å².